The first-order valence-corrected chi connectivity index (χ1v) is 15.3. The molecular weight excluding hydrogens is 441 g/mol. The SMILES string of the molecule is CO[Si](CCCSc1ccc(SCCC[Si](OC)(OC)OC)s1)(OC)OC. The minimum Gasteiger partial charge on any atom is -0.377 e. The average Bonchev–Trinajstić information content (AvgIpc) is 3.17. The zero-order valence-electron chi connectivity index (χ0n) is 17.1. The Hall–Kier alpha value is 0.594. The molecule has 0 saturated carbocycles. The van der Waals surface area contributed by atoms with Crippen molar-refractivity contribution in [3.63, 3.8) is 0 Å². The van der Waals surface area contributed by atoms with E-state index in [1.165, 1.54) is 8.42 Å². The molecule has 0 saturated heterocycles. The molecule has 0 atom stereocenters. The quantitative estimate of drug-likeness (QED) is 0.198. The molecule has 0 fully saturated rings. The molecule has 0 radical (unpaired) electrons. The van der Waals surface area contributed by atoms with E-state index in [1.54, 1.807) is 42.7 Å². The maximum absolute atomic E-state index is 5.46. The molecule has 1 rings (SSSR count). The largest absolute Gasteiger partial charge is 0.500 e. The number of rotatable bonds is 16. The van der Waals surface area contributed by atoms with E-state index in [4.69, 9.17) is 26.6 Å². The maximum Gasteiger partial charge on any atom is 0.500 e. The summed E-state index contributed by atoms with van der Waals surface area (Å²) in [4.78, 5) is 0. The third-order valence-corrected chi connectivity index (χ3v) is 13.5. The average molecular weight is 473 g/mol. The van der Waals surface area contributed by atoms with Crippen LogP contribution in [0.3, 0.4) is 0 Å². The summed E-state index contributed by atoms with van der Waals surface area (Å²) >= 11 is 5.60. The lowest BCUT2D eigenvalue weighted by atomic mass is 10.6. The Morgan fingerprint density at radius 1 is 0.667 bits per heavy atom. The van der Waals surface area contributed by atoms with Gasteiger partial charge in [0.25, 0.3) is 0 Å². The molecule has 11 heteroatoms. The summed E-state index contributed by atoms with van der Waals surface area (Å²) < 4.78 is 35.4. The van der Waals surface area contributed by atoms with Gasteiger partial charge in [0.2, 0.25) is 0 Å². The van der Waals surface area contributed by atoms with Crippen LogP contribution < -0.4 is 0 Å². The molecule has 1 aromatic rings. The van der Waals surface area contributed by atoms with Gasteiger partial charge in [-0.3, -0.25) is 0 Å². The van der Waals surface area contributed by atoms with Crippen molar-refractivity contribution >= 4 is 52.5 Å². The van der Waals surface area contributed by atoms with Crippen molar-refractivity contribution in [1.82, 2.24) is 0 Å². The predicted octanol–water partition coefficient (Wildman–Crippen LogP) is 4.47. The van der Waals surface area contributed by atoms with Gasteiger partial charge in [-0.25, -0.2) is 0 Å². The molecule has 1 aromatic heterocycles. The van der Waals surface area contributed by atoms with Gasteiger partial charge in [-0.1, -0.05) is 0 Å². The van der Waals surface area contributed by atoms with Crippen molar-refractivity contribution < 1.29 is 26.6 Å². The van der Waals surface area contributed by atoms with Gasteiger partial charge < -0.3 is 26.6 Å². The summed E-state index contributed by atoms with van der Waals surface area (Å²) in [5, 5.41) is 0. The number of hydrogen-bond acceptors (Lipinski definition) is 9. The molecule has 0 aliphatic carbocycles. The van der Waals surface area contributed by atoms with Crippen molar-refractivity contribution in [2.24, 2.45) is 0 Å². The lowest BCUT2D eigenvalue weighted by Crippen LogP contribution is -2.42. The third-order valence-electron chi connectivity index (χ3n) is 4.17. The van der Waals surface area contributed by atoms with Crippen LogP contribution in [0.2, 0.25) is 12.1 Å². The van der Waals surface area contributed by atoms with Gasteiger partial charge in [-0.2, -0.15) is 0 Å². The minimum atomic E-state index is -2.44. The molecule has 0 N–H and O–H groups in total. The smallest absolute Gasteiger partial charge is 0.377 e. The lowest BCUT2D eigenvalue weighted by Gasteiger charge is -2.24. The molecule has 0 aliphatic rings. The van der Waals surface area contributed by atoms with Crippen LogP contribution in [0, 0.1) is 0 Å². The first-order chi connectivity index (χ1) is 13.0. The second-order valence-electron chi connectivity index (χ2n) is 5.57. The monoisotopic (exact) mass is 472 g/mol. The van der Waals surface area contributed by atoms with Crippen molar-refractivity contribution in [2.45, 2.75) is 33.3 Å². The van der Waals surface area contributed by atoms with Gasteiger partial charge in [0.1, 0.15) is 0 Å². The highest BCUT2D eigenvalue weighted by Gasteiger charge is 2.37. The summed E-state index contributed by atoms with van der Waals surface area (Å²) in [6, 6.07) is 6.06. The van der Waals surface area contributed by atoms with Crippen LogP contribution in [0.4, 0.5) is 0 Å². The van der Waals surface area contributed by atoms with Crippen molar-refractivity contribution in [3.8, 4) is 0 Å². The van der Waals surface area contributed by atoms with E-state index in [-0.39, 0.29) is 0 Å². The molecule has 158 valence electrons. The molecular formula is C16H32O6S3Si2. The third kappa shape index (κ3) is 8.46. The number of hydrogen-bond donors (Lipinski definition) is 0. The molecule has 0 amide bonds. The molecule has 0 aliphatic heterocycles. The first-order valence-electron chi connectivity index (χ1n) is 8.69. The Morgan fingerprint density at radius 3 is 1.30 bits per heavy atom. The first kappa shape index (κ1) is 25.6. The number of thioether (sulfide) groups is 2. The normalized spacial score (nSPS) is 12.7. The lowest BCUT2D eigenvalue weighted by molar-refractivity contribution is 0.123. The maximum atomic E-state index is 5.46. The summed E-state index contributed by atoms with van der Waals surface area (Å²) in [5.41, 5.74) is 0. The Morgan fingerprint density at radius 2 is 1.00 bits per heavy atom. The van der Waals surface area contributed by atoms with E-state index < -0.39 is 17.6 Å². The van der Waals surface area contributed by atoms with Gasteiger partial charge in [0.05, 0.1) is 8.42 Å². The summed E-state index contributed by atoms with van der Waals surface area (Å²) in [5.74, 6) is 2.05. The molecule has 0 unspecified atom stereocenters. The predicted molar refractivity (Wildman–Crippen MR) is 118 cm³/mol. The van der Waals surface area contributed by atoms with Gasteiger partial charge >= 0.3 is 17.6 Å². The van der Waals surface area contributed by atoms with Crippen LogP contribution >= 0.6 is 34.9 Å². The zero-order chi connectivity index (χ0) is 20.2. The summed E-state index contributed by atoms with van der Waals surface area (Å²) in [6.45, 7) is 0. The molecule has 0 aromatic carbocycles. The van der Waals surface area contributed by atoms with Gasteiger partial charge in [-0.15, -0.1) is 34.9 Å². The van der Waals surface area contributed by atoms with Crippen LogP contribution in [-0.4, -0.2) is 71.8 Å². The van der Waals surface area contributed by atoms with E-state index in [0.717, 1.165) is 36.4 Å². The highest BCUT2D eigenvalue weighted by atomic mass is 32.2. The fraction of sp³-hybridized carbons (Fsp3) is 0.750. The molecule has 0 spiro atoms. The molecule has 27 heavy (non-hydrogen) atoms. The van der Waals surface area contributed by atoms with Gasteiger partial charge in [0.15, 0.2) is 0 Å². The van der Waals surface area contributed by atoms with Crippen molar-refractivity contribution in [3.05, 3.63) is 12.1 Å². The van der Waals surface area contributed by atoms with E-state index in [0.29, 0.717) is 0 Å². The van der Waals surface area contributed by atoms with Crippen LogP contribution in [-0.2, 0) is 26.6 Å². The topological polar surface area (TPSA) is 55.4 Å². The Kier molecular flexibility index (Phi) is 13.1. The fourth-order valence-corrected chi connectivity index (χ4v) is 9.90. The molecule has 0 bridgehead atoms. The van der Waals surface area contributed by atoms with E-state index in [2.05, 4.69) is 12.1 Å². The number of thiophene rings is 1. The standard InChI is InChI=1S/C16H32O6S3Si2/c1-17-26(18-2,19-3)13-7-11-23-15-9-10-16(25-15)24-12-8-14-27(20-4,21-5)22-6/h9-10H,7-8,11-14H2,1-6H3. The minimum absolute atomic E-state index is 0.834. The molecule has 1 heterocycles. The van der Waals surface area contributed by atoms with Crippen molar-refractivity contribution in [1.29, 1.82) is 0 Å². The van der Waals surface area contributed by atoms with Crippen LogP contribution in [0.1, 0.15) is 12.8 Å². The fourth-order valence-electron chi connectivity index (χ4n) is 2.49. The Balaban J connectivity index is 2.29. The highest BCUT2D eigenvalue weighted by molar-refractivity contribution is 8.03. The Bertz CT molecular complexity index is 453. The Labute approximate surface area is 178 Å². The van der Waals surface area contributed by atoms with Gasteiger partial charge in [0, 0.05) is 54.7 Å². The van der Waals surface area contributed by atoms with Crippen LogP contribution in [0.25, 0.3) is 0 Å². The highest BCUT2D eigenvalue weighted by Crippen LogP contribution is 2.35. The zero-order valence-corrected chi connectivity index (χ0v) is 21.5. The van der Waals surface area contributed by atoms with E-state index >= 15 is 0 Å². The summed E-state index contributed by atoms with van der Waals surface area (Å²) in [7, 11) is 5.08. The van der Waals surface area contributed by atoms with E-state index in [9.17, 15) is 0 Å². The van der Waals surface area contributed by atoms with Crippen LogP contribution in [0.15, 0.2) is 20.6 Å². The van der Waals surface area contributed by atoms with Crippen LogP contribution in [0.5, 0.6) is 0 Å². The van der Waals surface area contributed by atoms with Gasteiger partial charge in [-0.05, 0) is 36.5 Å². The second-order valence-corrected chi connectivity index (χ2v) is 15.6. The second kappa shape index (κ2) is 13.7. The summed E-state index contributed by atoms with van der Waals surface area (Å²) in [6.07, 6.45) is 2.01. The van der Waals surface area contributed by atoms with E-state index in [1.807, 2.05) is 34.9 Å². The molecule has 6 nitrogen and oxygen atoms in total. The van der Waals surface area contributed by atoms with Crippen molar-refractivity contribution in [2.75, 3.05) is 54.2 Å².